The van der Waals surface area contributed by atoms with Gasteiger partial charge in [0.05, 0.1) is 18.4 Å². The van der Waals surface area contributed by atoms with Crippen molar-refractivity contribution in [2.75, 3.05) is 18.2 Å². The van der Waals surface area contributed by atoms with Gasteiger partial charge >= 0.3 is 0 Å². The van der Waals surface area contributed by atoms with Crippen LogP contribution in [0.5, 0.6) is 17.2 Å². The molecule has 0 fully saturated rings. The highest BCUT2D eigenvalue weighted by molar-refractivity contribution is 7.99. The Morgan fingerprint density at radius 1 is 1.00 bits per heavy atom. The number of para-hydroxylation sites is 1. The van der Waals surface area contributed by atoms with Crippen molar-refractivity contribution in [2.45, 2.75) is 5.22 Å². The van der Waals surface area contributed by atoms with Gasteiger partial charge in [-0.25, -0.2) is 0 Å². The van der Waals surface area contributed by atoms with Gasteiger partial charge in [-0.1, -0.05) is 35.5 Å². The van der Waals surface area contributed by atoms with E-state index in [-0.39, 0.29) is 11.7 Å². The molecule has 7 nitrogen and oxygen atoms in total. The minimum atomic E-state index is -0.196. The van der Waals surface area contributed by atoms with Gasteiger partial charge < -0.3 is 19.2 Å². The summed E-state index contributed by atoms with van der Waals surface area (Å²) in [4.78, 5) is 12.3. The lowest BCUT2D eigenvalue weighted by Gasteiger charge is -2.08. The minimum Gasteiger partial charge on any atom is -0.496 e. The van der Waals surface area contributed by atoms with Crippen LogP contribution in [0.1, 0.15) is 0 Å². The molecule has 0 radical (unpaired) electrons. The molecular formula is C23H18ClN3O4S. The first kappa shape index (κ1) is 21.7. The van der Waals surface area contributed by atoms with Crippen molar-refractivity contribution < 1.29 is 18.7 Å². The zero-order valence-electron chi connectivity index (χ0n) is 16.9. The van der Waals surface area contributed by atoms with E-state index in [1.165, 1.54) is 0 Å². The summed E-state index contributed by atoms with van der Waals surface area (Å²) in [5.74, 6) is 2.22. The van der Waals surface area contributed by atoms with Gasteiger partial charge in [0.25, 0.3) is 11.1 Å². The first-order chi connectivity index (χ1) is 15.6. The topological polar surface area (TPSA) is 86.5 Å². The fraction of sp³-hybridized carbons (Fsp3) is 0.0870. The van der Waals surface area contributed by atoms with Crippen molar-refractivity contribution >= 4 is 35.0 Å². The molecule has 0 aliphatic carbocycles. The third-order valence-electron chi connectivity index (χ3n) is 4.26. The Balaban J connectivity index is 1.30. The number of carbonyl (C=O) groups excluding carboxylic acids is 1. The maximum atomic E-state index is 12.3. The zero-order valence-corrected chi connectivity index (χ0v) is 18.5. The van der Waals surface area contributed by atoms with Crippen molar-refractivity contribution in [1.29, 1.82) is 0 Å². The SMILES string of the molecule is COc1ccccc1-c1nnc(SCC(=O)Nc2ccc(Oc3ccc(Cl)cc3)cc2)o1. The summed E-state index contributed by atoms with van der Waals surface area (Å²) in [6.07, 6.45) is 0. The van der Waals surface area contributed by atoms with Gasteiger partial charge in [0.15, 0.2) is 0 Å². The highest BCUT2D eigenvalue weighted by Gasteiger charge is 2.14. The molecule has 1 aromatic heterocycles. The summed E-state index contributed by atoms with van der Waals surface area (Å²) < 4.78 is 16.7. The highest BCUT2D eigenvalue weighted by atomic mass is 35.5. The number of hydrogen-bond acceptors (Lipinski definition) is 7. The van der Waals surface area contributed by atoms with E-state index < -0.39 is 0 Å². The normalized spacial score (nSPS) is 10.6. The van der Waals surface area contributed by atoms with E-state index in [1.807, 2.05) is 24.3 Å². The summed E-state index contributed by atoms with van der Waals surface area (Å²) >= 11 is 7.03. The van der Waals surface area contributed by atoms with Crippen LogP contribution in [0.25, 0.3) is 11.5 Å². The van der Waals surface area contributed by atoms with Crippen LogP contribution in [0, 0.1) is 0 Å². The molecule has 0 atom stereocenters. The number of carbonyl (C=O) groups is 1. The molecule has 0 unspecified atom stereocenters. The van der Waals surface area contributed by atoms with Gasteiger partial charge in [-0.15, -0.1) is 10.2 Å². The quantitative estimate of drug-likeness (QED) is 0.322. The molecule has 32 heavy (non-hydrogen) atoms. The fourth-order valence-corrected chi connectivity index (χ4v) is 3.46. The van der Waals surface area contributed by atoms with Crippen LogP contribution in [0.15, 0.2) is 82.4 Å². The van der Waals surface area contributed by atoms with Crippen LogP contribution in [0.2, 0.25) is 5.02 Å². The van der Waals surface area contributed by atoms with Gasteiger partial charge in [0.2, 0.25) is 5.91 Å². The van der Waals surface area contributed by atoms with Crippen molar-refractivity contribution in [1.82, 2.24) is 10.2 Å². The number of methoxy groups -OCH3 is 1. The summed E-state index contributed by atoms with van der Waals surface area (Å²) in [6, 6.07) is 21.5. The largest absolute Gasteiger partial charge is 0.496 e. The van der Waals surface area contributed by atoms with Gasteiger partial charge in [-0.2, -0.15) is 0 Å². The van der Waals surface area contributed by atoms with Crippen molar-refractivity contribution in [3.63, 3.8) is 0 Å². The van der Waals surface area contributed by atoms with E-state index >= 15 is 0 Å². The van der Waals surface area contributed by atoms with Crippen molar-refractivity contribution in [3.8, 4) is 28.7 Å². The van der Waals surface area contributed by atoms with E-state index in [0.29, 0.717) is 44.6 Å². The second-order valence-corrected chi connectivity index (χ2v) is 7.85. The number of hydrogen-bond donors (Lipinski definition) is 1. The number of aromatic nitrogens is 2. The second kappa shape index (κ2) is 10.2. The molecule has 0 spiro atoms. The Hall–Kier alpha value is -3.49. The van der Waals surface area contributed by atoms with E-state index in [1.54, 1.807) is 55.6 Å². The Morgan fingerprint density at radius 3 is 2.41 bits per heavy atom. The van der Waals surface area contributed by atoms with E-state index in [9.17, 15) is 4.79 Å². The third kappa shape index (κ3) is 5.60. The van der Waals surface area contributed by atoms with Crippen LogP contribution in [-0.4, -0.2) is 29.0 Å². The number of thioether (sulfide) groups is 1. The van der Waals surface area contributed by atoms with E-state index in [2.05, 4.69) is 15.5 Å². The number of nitrogens with one attached hydrogen (secondary N) is 1. The second-order valence-electron chi connectivity index (χ2n) is 6.49. The zero-order chi connectivity index (χ0) is 22.3. The van der Waals surface area contributed by atoms with E-state index in [4.69, 9.17) is 25.5 Å². The van der Waals surface area contributed by atoms with Crippen LogP contribution < -0.4 is 14.8 Å². The van der Waals surface area contributed by atoms with Crippen LogP contribution in [0.3, 0.4) is 0 Å². The molecule has 1 heterocycles. The van der Waals surface area contributed by atoms with Crippen molar-refractivity contribution in [3.05, 3.63) is 77.8 Å². The average molecular weight is 468 g/mol. The molecule has 4 aromatic rings. The minimum absolute atomic E-state index is 0.122. The number of halogens is 1. The molecule has 9 heteroatoms. The number of amides is 1. The molecule has 0 saturated carbocycles. The van der Waals surface area contributed by atoms with Crippen LogP contribution in [-0.2, 0) is 4.79 Å². The monoisotopic (exact) mass is 467 g/mol. The predicted molar refractivity (Wildman–Crippen MR) is 124 cm³/mol. The molecule has 0 aliphatic rings. The molecule has 4 rings (SSSR count). The molecule has 162 valence electrons. The summed E-state index contributed by atoms with van der Waals surface area (Å²) in [6.45, 7) is 0. The predicted octanol–water partition coefficient (Wildman–Crippen LogP) is 5.92. The number of anilines is 1. The van der Waals surface area contributed by atoms with Crippen molar-refractivity contribution in [2.24, 2.45) is 0 Å². The van der Waals surface area contributed by atoms with Gasteiger partial charge in [0.1, 0.15) is 17.2 Å². The van der Waals surface area contributed by atoms with Crippen LogP contribution in [0.4, 0.5) is 5.69 Å². The van der Waals surface area contributed by atoms with E-state index in [0.717, 1.165) is 11.8 Å². The average Bonchev–Trinajstić information content (AvgIpc) is 3.29. The molecular weight excluding hydrogens is 450 g/mol. The third-order valence-corrected chi connectivity index (χ3v) is 5.33. The maximum absolute atomic E-state index is 12.3. The number of ether oxygens (including phenoxy) is 2. The maximum Gasteiger partial charge on any atom is 0.277 e. The molecule has 0 bridgehead atoms. The molecule has 0 saturated heterocycles. The first-order valence-corrected chi connectivity index (χ1v) is 10.9. The fourth-order valence-electron chi connectivity index (χ4n) is 2.77. The Kier molecular flexibility index (Phi) is 6.94. The summed E-state index contributed by atoms with van der Waals surface area (Å²) in [5.41, 5.74) is 1.35. The number of nitrogens with zero attached hydrogens (tertiary/aromatic N) is 2. The van der Waals surface area contributed by atoms with Gasteiger partial charge in [0, 0.05) is 10.7 Å². The number of rotatable bonds is 8. The first-order valence-electron chi connectivity index (χ1n) is 9.54. The summed E-state index contributed by atoms with van der Waals surface area (Å²) in [7, 11) is 1.57. The molecule has 0 aliphatic heterocycles. The van der Waals surface area contributed by atoms with Gasteiger partial charge in [-0.3, -0.25) is 4.79 Å². The highest BCUT2D eigenvalue weighted by Crippen LogP contribution is 2.30. The van der Waals surface area contributed by atoms with Crippen LogP contribution >= 0.6 is 23.4 Å². The lowest BCUT2D eigenvalue weighted by molar-refractivity contribution is -0.113. The smallest absolute Gasteiger partial charge is 0.277 e. The lowest BCUT2D eigenvalue weighted by atomic mass is 10.2. The Bertz CT molecular complexity index is 1200. The van der Waals surface area contributed by atoms with Gasteiger partial charge in [-0.05, 0) is 60.7 Å². The summed E-state index contributed by atoms with van der Waals surface area (Å²) in [5, 5.41) is 11.8. The standard InChI is InChI=1S/C23H18ClN3O4S/c1-29-20-5-3-2-4-19(20)22-26-27-23(31-22)32-14-21(28)25-16-8-12-18(13-9-16)30-17-10-6-15(24)7-11-17/h2-13H,14H2,1H3,(H,25,28). The lowest BCUT2D eigenvalue weighted by Crippen LogP contribution is -2.13. The molecule has 1 amide bonds. The number of benzene rings is 3. The molecule has 1 N–H and O–H groups in total. The Morgan fingerprint density at radius 2 is 1.69 bits per heavy atom. The molecule has 3 aromatic carbocycles. The Labute approximate surface area is 193 Å².